The van der Waals surface area contributed by atoms with Crippen molar-refractivity contribution in [3.63, 3.8) is 0 Å². The average Bonchev–Trinajstić information content (AvgIpc) is 2.91. The predicted molar refractivity (Wildman–Crippen MR) is 65.5 cm³/mol. The maximum Gasteiger partial charge on any atom is 0.147 e. The molecular weight excluding hydrogens is 218 g/mol. The summed E-state index contributed by atoms with van der Waals surface area (Å²) in [6, 6.07) is 0. The highest BCUT2D eigenvalue weighted by Crippen LogP contribution is 2.21. The summed E-state index contributed by atoms with van der Waals surface area (Å²) < 4.78 is 3.54. The lowest BCUT2D eigenvalue weighted by Crippen LogP contribution is -2.14. The smallest absolute Gasteiger partial charge is 0.147 e. The summed E-state index contributed by atoms with van der Waals surface area (Å²) in [7, 11) is 1.88. The van der Waals surface area contributed by atoms with Gasteiger partial charge in [-0.25, -0.2) is 0 Å². The van der Waals surface area contributed by atoms with E-state index in [-0.39, 0.29) is 0 Å². The molecule has 2 rings (SSSR count). The van der Waals surface area contributed by atoms with E-state index in [1.54, 1.807) is 15.6 Å². The monoisotopic (exact) mass is 235 g/mol. The Morgan fingerprint density at radius 1 is 1.47 bits per heavy atom. The number of nitrogens with one attached hydrogen (secondary N) is 1. The van der Waals surface area contributed by atoms with Crippen LogP contribution in [0, 0.1) is 0 Å². The van der Waals surface area contributed by atoms with Gasteiger partial charge in [-0.15, -0.1) is 5.10 Å². The van der Waals surface area contributed by atoms with Crippen LogP contribution in [0.25, 0.3) is 0 Å². The van der Waals surface area contributed by atoms with Crippen LogP contribution in [0.5, 0.6) is 0 Å². The van der Waals surface area contributed by atoms with E-state index in [0.29, 0.717) is 0 Å². The fourth-order valence-corrected chi connectivity index (χ4v) is 1.71. The van der Waals surface area contributed by atoms with E-state index >= 15 is 0 Å². The van der Waals surface area contributed by atoms with Crippen LogP contribution in [0.1, 0.15) is 12.6 Å². The van der Waals surface area contributed by atoms with E-state index in [1.165, 1.54) is 0 Å². The van der Waals surface area contributed by atoms with Crippen molar-refractivity contribution in [2.75, 3.05) is 17.6 Å². The Morgan fingerprint density at radius 2 is 2.29 bits per heavy atom. The maximum atomic E-state index is 5.99. The Bertz CT molecular complexity index is 471. The van der Waals surface area contributed by atoms with E-state index in [4.69, 9.17) is 5.73 Å². The van der Waals surface area contributed by atoms with Crippen molar-refractivity contribution in [1.29, 1.82) is 0 Å². The number of hydrogen-bond donors (Lipinski definition) is 2. The number of nitrogen functional groups attached to an aromatic ring is 1. The van der Waals surface area contributed by atoms with Crippen LogP contribution >= 0.6 is 0 Å². The van der Waals surface area contributed by atoms with Gasteiger partial charge in [0.2, 0.25) is 0 Å². The van der Waals surface area contributed by atoms with Gasteiger partial charge in [0, 0.05) is 19.8 Å². The van der Waals surface area contributed by atoms with Gasteiger partial charge < -0.3 is 11.1 Å². The van der Waals surface area contributed by atoms with Gasteiger partial charge in [0.05, 0.1) is 24.1 Å². The Morgan fingerprint density at radius 3 is 2.88 bits per heavy atom. The first kappa shape index (κ1) is 11.4. The van der Waals surface area contributed by atoms with Crippen molar-refractivity contribution < 1.29 is 0 Å². The number of rotatable bonds is 5. The van der Waals surface area contributed by atoms with Crippen LogP contribution in [0.2, 0.25) is 0 Å². The maximum absolute atomic E-state index is 5.99. The summed E-state index contributed by atoms with van der Waals surface area (Å²) in [5.41, 5.74) is 7.65. The van der Waals surface area contributed by atoms with Crippen molar-refractivity contribution in [3.05, 3.63) is 18.1 Å². The highest BCUT2D eigenvalue weighted by Gasteiger charge is 2.10. The summed E-state index contributed by atoms with van der Waals surface area (Å²) >= 11 is 0. The van der Waals surface area contributed by atoms with Gasteiger partial charge in [0.25, 0.3) is 0 Å². The van der Waals surface area contributed by atoms with E-state index in [0.717, 1.165) is 36.7 Å². The molecule has 0 fully saturated rings. The molecule has 0 unspecified atom stereocenters. The summed E-state index contributed by atoms with van der Waals surface area (Å²) in [6.07, 6.45) is 4.32. The van der Waals surface area contributed by atoms with Crippen LogP contribution < -0.4 is 11.1 Å². The fraction of sp³-hybridized carbons (Fsp3) is 0.500. The van der Waals surface area contributed by atoms with Crippen LogP contribution in [-0.4, -0.2) is 31.3 Å². The zero-order chi connectivity index (χ0) is 12.3. The number of hydrogen-bond acceptors (Lipinski definition) is 5. The van der Waals surface area contributed by atoms with Crippen LogP contribution in [0.3, 0.4) is 0 Å². The Labute approximate surface area is 99.6 Å². The molecule has 0 bridgehead atoms. The van der Waals surface area contributed by atoms with Crippen molar-refractivity contribution >= 4 is 11.5 Å². The van der Waals surface area contributed by atoms with E-state index in [1.807, 2.05) is 20.2 Å². The molecule has 2 aromatic heterocycles. The Hall–Kier alpha value is -2.05. The summed E-state index contributed by atoms with van der Waals surface area (Å²) in [6.45, 7) is 3.51. The Kier molecular flexibility index (Phi) is 3.27. The Balaban J connectivity index is 1.97. The SMILES string of the molecule is CCc1nn(C)c(NCCn2ccnn2)c1N. The minimum Gasteiger partial charge on any atom is -0.394 e. The molecule has 0 aliphatic heterocycles. The van der Waals surface area contributed by atoms with Gasteiger partial charge in [-0.1, -0.05) is 12.1 Å². The second-order valence-electron chi connectivity index (χ2n) is 3.78. The summed E-state index contributed by atoms with van der Waals surface area (Å²) in [5, 5.41) is 15.2. The predicted octanol–water partition coefficient (Wildman–Crippen LogP) is 0.268. The topological polar surface area (TPSA) is 86.6 Å². The second-order valence-corrected chi connectivity index (χ2v) is 3.78. The first-order valence-corrected chi connectivity index (χ1v) is 5.61. The normalized spacial score (nSPS) is 10.7. The molecule has 0 atom stereocenters. The molecule has 7 heteroatoms. The molecule has 0 saturated carbocycles. The fourth-order valence-electron chi connectivity index (χ4n) is 1.71. The van der Waals surface area contributed by atoms with E-state index in [9.17, 15) is 0 Å². The number of nitrogens with two attached hydrogens (primary N) is 1. The summed E-state index contributed by atoms with van der Waals surface area (Å²) in [5.74, 6) is 0.863. The first-order valence-electron chi connectivity index (χ1n) is 5.61. The largest absolute Gasteiger partial charge is 0.394 e. The first-order chi connectivity index (χ1) is 8.22. The molecular formula is C10H17N7. The lowest BCUT2D eigenvalue weighted by atomic mass is 10.3. The highest BCUT2D eigenvalue weighted by atomic mass is 15.4. The van der Waals surface area contributed by atoms with Crippen LogP contribution in [0.4, 0.5) is 11.5 Å². The zero-order valence-electron chi connectivity index (χ0n) is 10.1. The average molecular weight is 235 g/mol. The molecule has 92 valence electrons. The molecule has 0 amide bonds. The number of nitrogens with zero attached hydrogens (tertiary/aromatic N) is 5. The molecule has 0 spiro atoms. The van der Waals surface area contributed by atoms with Gasteiger partial charge in [-0.3, -0.25) is 9.36 Å². The minimum absolute atomic E-state index is 0.730. The molecule has 2 heterocycles. The van der Waals surface area contributed by atoms with Gasteiger partial charge in [-0.05, 0) is 6.42 Å². The van der Waals surface area contributed by atoms with E-state index < -0.39 is 0 Å². The number of anilines is 2. The van der Waals surface area contributed by atoms with Crippen LogP contribution in [0.15, 0.2) is 12.4 Å². The lowest BCUT2D eigenvalue weighted by Gasteiger charge is -2.07. The minimum atomic E-state index is 0.730. The summed E-state index contributed by atoms with van der Waals surface area (Å²) in [4.78, 5) is 0. The van der Waals surface area contributed by atoms with Crippen molar-refractivity contribution in [2.24, 2.45) is 7.05 Å². The lowest BCUT2D eigenvalue weighted by molar-refractivity contribution is 0.606. The number of aromatic nitrogens is 5. The number of aryl methyl sites for hydroxylation is 2. The van der Waals surface area contributed by atoms with Crippen LogP contribution in [-0.2, 0) is 20.0 Å². The third-order valence-corrected chi connectivity index (χ3v) is 2.60. The van der Waals surface area contributed by atoms with Gasteiger partial charge in [-0.2, -0.15) is 5.10 Å². The molecule has 0 aliphatic rings. The van der Waals surface area contributed by atoms with Crippen molar-refractivity contribution in [2.45, 2.75) is 19.9 Å². The van der Waals surface area contributed by atoms with Crippen molar-refractivity contribution in [1.82, 2.24) is 24.8 Å². The molecule has 7 nitrogen and oxygen atoms in total. The van der Waals surface area contributed by atoms with Crippen molar-refractivity contribution in [3.8, 4) is 0 Å². The molecule has 0 radical (unpaired) electrons. The third kappa shape index (κ3) is 2.38. The quantitative estimate of drug-likeness (QED) is 0.776. The zero-order valence-corrected chi connectivity index (χ0v) is 10.1. The molecule has 0 aromatic carbocycles. The molecule has 0 saturated heterocycles. The van der Waals surface area contributed by atoms with Gasteiger partial charge in [0.1, 0.15) is 5.82 Å². The molecule has 3 N–H and O–H groups in total. The van der Waals surface area contributed by atoms with E-state index in [2.05, 4.69) is 20.7 Å². The van der Waals surface area contributed by atoms with Gasteiger partial charge >= 0.3 is 0 Å². The molecule has 0 aliphatic carbocycles. The molecule has 2 aromatic rings. The second kappa shape index (κ2) is 4.86. The van der Waals surface area contributed by atoms with Gasteiger partial charge in [0.15, 0.2) is 0 Å². The standard InChI is InChI=1S/C10H17N7/c1-3-8-9(11)10(16(2)14-8)12-4-6-17-7-5-13-15-17/h5,7,12H,3-4,6,11H2,1-2H3. The molecule has 17 heavy (non-hydrogen) atoms. The highest BCUT2D eigenvalue weighted by molar-refractivity contribution is 5.64. The third-order valence-electron chi connectivity index (χ3n) is 2.60.